The molecule has 2 aromatic carbocycles. The van der Waals surface area contributed by atoms with E-state index in [2.05, 4.69) is 9.97 Å². The van der Waals surface area contributed by atoms with Gasteiger partial charge in [-0.1, -0.05) is 41.9 Å². The molecule has 0 aliphatic heterocycles. The summed E-state index contributed by atoms with van der Waals surface area (Å²) in [6.07, 6.45) is 0.665. The maximum Gasteiger partial charge on any atom is 0.130 e. The molecule has 0 aliphatic carbocycles. The summed E-state index contributed by atoms with van der Waals surface area (Å²) >= 11 is 6.10. The second-order valence-electron chi connectivity index (χ2n) is 4.55. The molecule has 3 rings (SSSR count). The number of halogens is 1. The summed E-state index contributed by atoms with van der Waals surface area (Å²) in [5.41, 5.74) is 8.47. The Morgan fingerprint density at radius 1 is 1.00 bits per heavy atom. The van der Waals surface area contributed by atoms with Crippen molar-refractivity contribution in [1.82, 2.24) is 9.97 Å². The first-order valence-electron chi connectivity index (χ1n) is 6.49. The Morgan fingerprint density at radius 2 is 1.80 bits per heavy atom. The van der Waals surface area contributed by atoms with Crippen LogP contribution in [0.4, 0.5) is 0 Å². The molecule has 1 aromatic heterocycles. The molecule has 0 aliphatic rings. The minimum atomic E-state index is 0.535. The van der Waals surface area contributed by atoms with Gasteiger partial charge in [0, 0.05) is 22.4 Å². The zero-order valence-electron chi connectivity index (χ0n) is 10.9. The fraction of sp³-hybridized carbons (Fsp3) is 0.125. The van der Waals surface area contributed by atoms with Gasteiger partial charge < -0.3 is 5.73 Å². The molecule has 0 amide bonds. The highest BCUT2D eigenvalue weighted by Gasteiger charge is 2.09. The Hall–Kier alpha value is -1.97. The highest BCUT2D eigenvalue weighted by atomic mass is 35.5. The largest absolute Gasteiger partial charge is 0.330 e. The van der Waals surface area contributed by atoms with Crippen LogP contribution < -0.4 is 5.73 Å². The summed E-state index contributed by atoms with van der Waals surface area (Å²) in [7, 11) is 0. The summed E-state index contributed by atoms with van der Waals surface area (Å²) in [5.74, 6) is 0.765. The number of nitrogens with zero attached hydrogens (tertiary/aromatic N) is 2. The molecule has 1 heterocycles. The van der Waals surface area contributed by atoms with Gasteiger partial charge in [-0.25, -0.2) is 9.97 Å². The quantitative estimate of drug-likeness (QED) is 0.801. The monoisotopic (exact) mass is 283 g/mol. The summed E-state index contributed by atoms with van der Waals surface area (Å²) in [5, 5.41) is 1.65. The van der Waals surface area contributed by atoms with Crippen LogP contribution in [0.15, 0.2) is 48.5 Å². The van der Waals surface area contributed by atoms with Crippen LogP contribution in [0, 0.1) is 0 Å². The fourth-order valence-corrected chi connectivity index (χ4v) is 2.38. The van der Waals surface area contributed by atoms with Crippen molar-refractivity contribution in [3.63, 3.8) is 0 Å². The molecule has 0 unspecified atom stereocenters. The van der Waals surface area contributed by atoms with Gasteiger partial charge in [0.05, 0.1) is 11.2 Å². The molecule has 3 nitrogen and oxygen atoms in total. The van der Waals surface area contributed by atoms with E-state index in [9.17, 15) is 0 Å². The van der Waals surface area contributed by atoms with Crippen LogP contribution in [0.2, 0.25) is 5.02 Å². The molecule has 0 radical (unpaired) electrons. The highest BCUT2D eigenvalue weighted by molar-refractivity contribution is 6.31. The van der Waals surface area contributed by atoms with Gasteiger partial charge in [0.15, 0.2) is 0 Å². The van der Waals surface area contributed by atoms with Crippen molar-refractivity contribution in [2.75, 3.05) is 6.54 Å². The lowest BCUT2D eigenvalue weighted by Gasteiger charge is -2.09. The molecule has 100 valence electrons. The molecule has 0 saturated carbocycles. The third kappa shape index (κ3) is 2.50. The van der Waals surface area contributed by atoms with Crippen LogP contribution in [0.5, 0.6) is 0 Å². The molecule has 3 aromatic rings. The number of nitrogens with two attached hydrogens (primary N) is 1. The normalized spacial score (nSPS) is 10.9. The van der Waals surface area contributed by atoms with E-state index in [0.29, 0.717) is 18.0 Å². The molecule has 2 N–H and O–H groups in total. The van der Waals surface area contributed by atoms with Gasteiger partial charge in [-0.05, 0) is 24.7 Å². The third-order valence-corrected chi connectivity index (χ3v) is 3.35. The molecular weight excluding hydrogens is 270 g/mol. The predicted octanol–water partition coefficient (Wildman–Crippen LogP) is 3.45. The first-order valence-corrected chi connectivity index (χ1v) is 6.87. The Balaban J connectivity index is 2.29. The van der Waals surface area contributed by atoms with Crippen LogP contribution >= 0.6 is 11.6 Å². The number of aromatic nitrogens is 2. The molecular formula is C16H14ClN3. The second-order valence-corrected chi connectivity index (χ2v) is 4.99. The predicted molar refractivity (Wildman–Crippen MR) is 82.7 cm³/mol. The van der Waals surface area contributed by atoms with Gasteiger partial charge in [-0.3, -0.25) is 0 Å². The molecule has 0 fully saturated rings. The van der Waals surface area contributed by atoms with E-state index in [4.69, 9.17) is 17.3 Å². The Kier molecular flexibility index (Phi) is 3.63. The van der Waals surface area contributed by atoms with Crippen LogP contribution in [-0.2, 0) is 6.42 Å². The maximum absolute atomic E-state index is 6.10. The third-order valence-electron chi connectivity index (χ3n) is 3.12. The summed E-state index contributed by atoms with van der Waals surface area (Å²) < 4.78 is 0. The van der Waals surface area contributed by atoms with Gasteiger partial charge in [-0.15, -0.1) is 0 Å². The molecule has 4 heteroatoms. The van der Waals surface area contributed by atoms with Gasteiger partial charge in [0.25, 0.3) is 0 Å². The zero-order valence-corrected chi connectivity index (χ0v) is 11.6. The number of hydrogen-bond acceptors (Lipinski definition) is 3. The van der Waals surface area contributed by atoms with Gasteiger partial charge >= 0.3 is 0 Å². The molecule has 0 saturated heterocycles. The van der Waals surface area contributed by atoms with E-state index < -0.39 is 0 Å². The SMILES string of the molecule is NCCc1nc(-c2ccccc2)c2cc(Cl)ccc2n1. The van der Waals surface area contributed by atoms with Crippen LogP contribution in [0.1, 0.15) is 5.82 Å². The Labute approximate surface area is 122 Å². The fourth-order valence-electron chi connectivity index (χ4n) is 2.21. The summed E-state index contributed by atoms with van der Waals surface area (Å²) in [6, 6.07) is 15.7. The number of rotatable bonds is 3. The lowest BCUT2D eigenvalue weighted by atomic mass is 10.1. The van der Waals surface area contributed by atoms with Gasteiger partial charge in [0.1, 0.15) is 5.82 Å². The number of hydrogen-bond donors (Lipinski definition) is 1. The van der Waals surface area contributed by atoms with Gasteiger partial charge in [0.2, 0.25) is 0 Å². The molecule has 20 heavy (non-hydrogen) atoms. The number of fused-ring (bicyclic) bond motifs is 1. The van der Waals surface area contributed by atoms with E-state index >= 15 is 0 Å². The average Bonchev–Trinajstić information content (AvgIpc) is 2.48. The van der Waals surface area contributed by atoms with Gasteiger partial charge in [-0.2, -0.15) is 0 Å². The van der Waals surface area contributed by atoms with Crippen LogP contribution in [0.3, 0.4) is 0 Å². The average molecular weight is 284 g/mol. The van der Waals surface area contributed by atoms with E-state index in [1.807, 2.05) is 48.5 Å². The smallest absolute Gasteiger partial charge is 0.130 e. The Morgan fingerprint density at radius 3 is 2.55 bits per heavy atom. The van der Waals surface area contributed by atoms with Crippen molar-refractivity contribution >= 4 is 22.5 Å². The van der Waals surface area contributed by atoms with Crippen molar-refractivity contribution in [2.24, 2.45) is 5.73 Å². The van der Waals surface area contributed by atoms with Crippen molar-refractivity contribution in [2.45, 2.75) is 6.42 Å². The minimum absolute atomic E-state index is 0.535. The summed E-state index contributed by atoms with van der Waals surface area (Å²) in [4.78, 5) is 9.19. The molecule has 0 spiro atoms. The highest BCUT2D eigenvalue weighted by Crippen LogP contribution is 2.28. The van der Waals surface area contributed by atoms with Crippen LogP contribution in [-0.4, -0.2) is 16.5 Å². The van der Waals surface area contributed by atoms with Crippen molar-refractivity contribution in [1.29, 1.82) is 0 Å². The molecule has 0 bridgehead atoms. The first kappa shape index (κ1) is 13.0. The van der Waals surface area contributed by atoms with E-state index in [1.54, 1.807) is 0 Å². The minimum Gasteiger partial charge on any atom is -0.330 e. The van der Waals surface area contributed by atoms with Crippen molar-refractivity contribution < 1.29 is 0 Å². The lowest BCUT2D eigenvalue weighted by Crippen LogP contribution is -2.07. The van der Waals surface area contributed by atoms with E-state index in [0.717, 1.165) is 28.0 Å². The van der Waals surface area contributed by atoms with Crippen molar-refractivity contribution in [3.8, 4) is 11.3 Å². The first-order chi connectivity index (χ1) is 9.78. The Bertz CT molecular complexity index is 741. The zero-order chi connectivity index (χ0) is 13.9. The topological polar surface area (TPSA) is 51.8 Å². The summed E-state index contributed by atoms with van der Waals surface area (Å²) in [6.45, 7) is 0.535. The molecule has 0 atom stereocenters. The second kappa shape index (κ2) is 5.57. The standard InChI is InChI=1S/C16H14ClN3/c17-12-6-7-14-13(10-12)16(11-4-2-1-3-5-11)20-15(19-14)8-9-18/h1-7,10H,8-9,18H2. The van der Waals surface area contributed by atoms with E-state index in [1.165, 1.54) is 0 Å². The van der Waals surface area contributed by atoms with E-state index in [-0.39, 0.29) is 0 Å². The van der Waals surface area contributed by atoms with Crippen LogP contribution in [0.25, 0.3) is 22.2 Å². The number of benzene rings is 2. The maximum atomic E-state index is 6.10. The van der Waals surface area contributed by atoms with Crippen molar-refractivity contribution in [3.05, 3.63) is 59.4 Å². The lowest BCUT2D eigenvalue weighted by molar-refractivity contribution is 0.881.